The van der Waals surface area contributed by atoms with E-state index in [0.29, 0.717) is 5.88 Å². The molecular formula is C4H6ClF. The summed E-state index contributed by atoms with van der Waals surface area (Å²) in [6.45, 7) is -0.410. The fraction of sp³-hybridized carbons (Fsp3) is 0.500. The Morgan fingerprint density at radius 2 is 2.17 bits per heavy atom. The maximum atomic E-state index is 11.0. The number of rotatable bonds is 2. The van der Waals surface area contributed by atoms with Crippen LogP contribution in [0.3, 0.4) is 0 Å². The summed E-state index contributed by atoms with van der Waals surface area (Å²) < 4.78 is 11.0. The van der Waals surface area contributed by atoms with Crippen LogP contribution in [0, 0.1) is 0 Å². The molecule has 0 aliphatic carbocycles. The van der Waals surface area contributed by atoms with Crippen molar-refractivity contribution in [2.75, 3.05) is 12.6 Å². The normalized spacial score (nSPS) is 10.3. The van der Waals surface area contributed by atoms with Crippen molar-refractivity contribution in [1.29, 1.82) is 0 Å². The third-order valence-corrected chi connectivity index (χ3v) is 0.523. The van der Waals surface area contributed by atoms with Gasteiger partial charge in [-0.15, -0.1) is 11.6 Å². The van der Waals surface area contributed by atoms with E-state index in [0.717, 1.165) is 0 Å². The van der Waals surface area contributed by atoms with Gasteiger partial charge in [0.1, 0.15) is 6.67 Å². The van der Waals surface area contributed by atoms with Crippen LogP contribution in [-0.4, -0.2) is 12.6 Å². The molecule has 0 fully saturated rings. The van der Waals surface area contributed by atoms with Gasteiger partial charge in [-0.05, 0) is 0 Å². The lowest BCUT2D eigenvalue weighted by atomic mass is 10.6. The van der Waals surface area contributed by atoms with Gasteiger partial charge < -0.3 is 0 Å². The Hall–Kier alpha value is -0.0400. The SMILES string of the molecule is FC/C=C/CCl. The van der Waals surface area contributed by atoms with Crippen LogP contribution in [0.1, 0.15) is 0 Å². The van der Waals surface area contributed by atoms with Gasteiger partial charge >= 0.3 is 0 Å². The van der Waals surface area contributed by atoms with Crippen molar-refractivity contribution in [2.45, 2.75) is 0 Å². The average molecular weight is 109 g/mol. The standard InChI is InChI=1S/C4H6ClF/c5-3-1-2-4-6/h1-2H,3-4H2/b2-1+. The third-order valence-electron chi connectivity index (χ3n) is 0.345. The number of halogens is 2. The molecule has 6 heavy (non-hydrogen) atoms. The first-order chi connectivity index (χ1) is 2.91. The zero-order valence-corrected chi connectivity index (χ0v) is 4.08. The predicted molar refractivity (Wildman–Crippen MR) is 25.8 cm³/mol. The Morgan fingerprint density at radius 1 is 1.50 bits per heavy atom. The summed E-state index contributed by atoms with van der Waals surface area (Å²) in [5.74, 6) is 0.407. The van der Waals surface area contributed by atoms with E-state index in [1.807, 2.05) is 0 Å². The van der Waals surface area contributed by atoms with Gasteiger partial charge in [-0.2, -0.15) is 0 Å². The molecule has 0 spiro atoms. The maximum absolute atomic E-state index is 11.0. The molecule has 0 aromatic rings. The summed E-state index contributed by atoms with van der Waals surface area (Å²) in [6, 6.07) is 0. The lowest BCUT2D eigenvalue weighted by molar-refractivity contribution is 0.561. The molecule has 0 saturated carbocycles. The number of alkyl halides is 2. The fourth-order valence-electron chi connectivity index (χ4n) is 0.126. The van der Waals surface area contributed by atoms with E-state index < -0.39 is 6.67 Å². The van der Waals surface area contributed by atoms with Crippen molar-refractivity contribution in [3.8, 4) is 0 Å². The Balaban J connectivity index is 2.73. The van der Waals surface area contributed by atoms with E-state index >= 15 is 0 Å². The van der Waals surface area contributed by atoms with Crippen molar-refractivity contribution in [3.63, 3.8) is 0 Å². The van der Waals surface area contributed by atoms with E-state index in [-0.39, 0.29) is 0 Å². The van der Waals surface area contributed by atoms with Crippen LogP contribution >= 0.6 is 11.6 Å². The monoisotopic (exact) mass is 108 g/mol. The van der Waals surface area contributed by atoms with Crippen molar-refractivity contribution in [3.05, 3.63) is 12.2 Å². The molecule has 2 heteroatoms. The highest BCUT2D eigenvalue weighted by Gasteiger charge is 1.64. The Bertz CT molecular complexity index is 36.8. The van der Waals surface area contributed by atoms with Crippen LogP contribution in [0.2, 0.25) is 0 Å². The second-order valence-corrected chi connectivity index (χ2v) is 1.09. The summed E-state index contributed by atoms with van der Waals surface area (Å²) in [4.78, 5) is 0. The molecule has 36 valence electrons. The largest absolute Gasteiger partial charge is 0.247 e. The minimum atomic E-state index is -0.410. The second-order valence-electron chi connectivity index (χ2n) is 0.780. The fourth-order valence-corrected chi connectivity index (χ4v) is 0.252. The van der Waals surface area contributed by atoms with Crippen molar-refractivity contribution >= 4 is 11.6 Å². The molecule has 0 bridgehead atoms. The smallest absolute Gasteiger partial charge is 0.108 e. The first kappa shape index (κ1) is 5.96. The number of allylic oxidation sites excluding steroid dienone is 2. The summed E-state index contributed by atoms with van der Waals surface area (Å²) in [5, 5.41) is 0. The Kier molecular flexibility index (Phi) is 4.93. The summed E-state index contributed by atoms with van der Waals surface area (Å²) in [5.41, 5.74) is 0. The van der Waals surface area contributed by atoms with E-state index in [1.165, 1.54) is 6.08 Å². The highest BCUT2D eigenvalue weighted by Crippen LogP contribution is 1.76. The van der Waals surface area contributed by atoms with Crippen LogP contribution < -0.4 is 0 Å². The molecule has 0 N–H and O–H groups in total. The molecule has 0 rings (SSSR count). The highest BCUT2D eigenvalue weighted by molar-refractivity contribution is 6.18. The third kappa shape index (κ3) is 3.96. The van der Waals surface area contributed by atoms with Crippen molar-refractivity contribution < 1.29 is 4.39 Å². The minimum absolute atomic E-state index is 0.407. The summed E-state index contributed by atoms with van der Waals surface area (Å²) in [6.07, 6.45) is 2.95. The minimum Gasteiger partial charge on any atom is -0.247 e. The first-order valence-electron chi connectivity index (χ1n) is 1.68. The summed E-state index contributed by atoms with van der Waals surface area (Å²) in [7, 11) is 0. The first-order valence-corrected chi connectivity index (χ1v) is 2.22. The molecule has 0 aromatic heterocycles. The molecule has 0 amide bonds. The molecule has 0 heterocycles. The van der Waals surface area contributed by atoms with E-state index in [9.17, 15) is 4.39 Å². The van der Waals surface area contributed by atoms with Gasteiger partial charge in [0.25, 0.3) is 0 Å². The summed E-state index contributed by atoms with van der Waals surface area (Å²) >= 11 is 5.13. The van der Waals surface area contributed by atoms with Crippen LogP contribution in [0.4, 0.5) is 4.39 Å². The molecular weight excluding hydrogens is 102 g/mol. The van der Waals surface area contributed by atoms with Gasteiger partial charge in [0.15, 0.2) is 0 Å². The lowest BCUT2D eigenvalue weighted by Gasteiger charge is -1.69. The molecule has 0 aromatic carbocycles. The van der Waals surface area contributed by atoms with Crippen LogP contribution in [0.25, 0.3) is 0 Å². The van der Waals surface area contributed by atoms with E-state index in [4.69, 9.17) is 11.6 Å². The zero-order chi connectivity index (χ0) is 4.83. The topological polar surface area (TPSA) is 0 Å². The van der Waals surface area contributed by atoms with Crippen LogP contribution in [-0.2, 0) is 0 Å². The average Bonchev–Trinajstić information content (AvgIpc) is 1.61. The molecule has 0 radical (unpaired) electrons. The highest BCUT2D eigenvalue weighted by atomic mass is 35.5. The Morgan fingerprint density at radius 3 is 2.33 bits per heavy atom. The van der Waals surface area contributed by atoms with Gasteiger partial charge in [0.05, 0.1) is 0 Å². The van der Waals surface area contributed by atoms with Gasteiger partial charge in [-0.1, -0.05) is 12.2 Å². The van der Waals surface area contributed by atoms with E-state index in [2.05, 4.69) is 0 Å². The van der Waals surface area contributed by atoms with Gasteiger partial charge in [-0.25, -0.2) is 4.39 Å². The van der Waals surface area contributed by atoms with Crippen LogP contribution in [0.5, 0.6) is 0 Å². The van der Waals surface area contributed by atoms with Gasteiger partial charge in [0, 0.05) is 5.88 Å². The lowest BCUT2D eigenvalue weighted by Crippen LogP contribution is -1.61. The molecule has 0 nitrogen and oxygen atoms in total. The van der Waals surface area contributed by atoms with Crippen molar-refractivity contribution in [1.82, 2.24) is 0 Å². The molecule has 0 aliphatic heterocycles. The predicted octanol–water partition coefficient (Wildman–Crippen LogP) is 1.75. The second kappa shape index (κ2) is 4.96. The van der Waals surface area contributed by atoms with Crippen molar-refractivity contribution in [2.24, 2.45) is 0 Å². The number of hydrogen-bond acceptors (Lipinski definition) is 0. The molecule has 0 aliphatic rings. The Labute approximate surface area is 41.6 Å². The van der Waals surface area contributed by atoms with Gasteiger partial charge in [0.2, 0.25) is 0 Å². The molecule has 0 atom stereocenters. The molecule has 0 saturated heterocycles. The van der Waals surface area contributed by atoms with Gasteiger partial charge in [-0.3, -0.25) is 0 Å². The molecule has 0 unspecified atom stereocenters. The van der Waals surface area contributed by atoms with Crippen LogP contribution in [0.15, 0.2) is 12.2 Å². The number of hydrogen-bond donors (Lipinski definition) is 0. The maximum Gasteiger partial charge on any atom is 0.108 e. The quantitative estimate of drug-likeness (QED) is 0.374. The van der Waals surface area contributed by atoms with E-state index in [1.54, 1.807) is 6.08 Å². The zero-order valence-electron chi connectivity index (χ0n) is 3.32.